The average molecular weight is 401 g/mol. The molecule has 0 N–H and O–H groups in total. The maximum Gasteiger partial charge on any atom is 0.311 e. The van der Waals surface area contributed by atoms with Gasteiger partial charge in [-0.05, 0) is 51.0 Å². The van der Waals surface area contributed by atoms with Gasteiger partial charge in [0.1, 0.15) is 5.76 Å². The monoisotopic (exact) mass is 400 g/mol. The third-order valence-electron chi connectivity index (χ3n) is 4.77. The molecular weight excluding hydrogens is 364 g/mol. The van der Waals surface area contributed by atoms with Gasteiger partial charge in [0.15, 0.2) is 5.78 Å². The summed E-state index contributed by atoms with van der Waals surface area (Å²) < 4.78 is 11.1. The lowest BCUT2D eigenvalue weighted by molar-refractivity contribution is -0.151. The van der Waals surface area contributed by atoms with Crippen molar-refractivity contribution in [3.8, 4) is 0 Å². The molecule has 0 spiro atoms. The van der Waals surface area contributed by atoms with Gasteiger partial charge in [0.25, 0.3) is 0 Å². The molecule has 1 atom stereocenters. The van der Waals surface area contributed by atoms with Gasteiger partial charge in [0.2, 0.25) is 9.04 Å². The molecule has 0 aromatic carbocycles. The lowest BCUT2D eigenvalue weighted by Crippen LogP contribution is -2.25. The van der Waals surface area contributed by atoms with Gasteiger partial charge < -0.3 is 9.16 Å². The number of rotatable bonds is 9. The first-order valence-corrected chi connectivity index (χ1v) is 13.3. The van der Waals surface area contributed by atoms with Gasteiger partial charge >= 0.3 is 5.97 Å². The molecule has 6 heteroatoms. The number of esters is 1. The van der Waals surface area contributed by atoms with Crippen molar-refractivity contribution >= 4 is 32.6 Å². The van der Waals surface area contributed by atoms with E-state index in [1.807, 2.05) is 13.8 Å². The van der Waals surface area contributed by atoms with Crippen molar-refractivity contribution in [2.75, 3.05) is 12.9 Å². The van der Waals surface area contributed by atoms with E-state index in [2.05, 4.69) is 33.9 Å². The lowest BCUT2D eigenvalue weighted by atomic mass is 9.79. The first kappa shape index (κ1) is 23.3. The van der Waals surface area contributed by atoms with Crippen molar-refractivity contribution in [3.05, 3.63) is 10.7 Å². The van der Waals surface area contributed by atoms with Crippen LogP contribution in [0.5, 0.6) is 0 Å². The van der Waals surface area contributed by atoms with Crippen LogP contribution in [0.15, 0.2) is 10.7 Å². The minimum atomic E-state index is -1.26. The Hall–Kier alpha value is -0.753. The third kappa shape index (κ3) is 6.45. The molecule has 0 aromatic heterocycles. The predicted molar refractivity (Wildman–Crippen MR) is 112 cm³/mol. The Morgan fingerprint density at radius 1 is 1.19 bits per heavy atom. The van der Waals surface area contributed by atoms with Crippen molar-refractivity contribution in [2.45, 2.75) is 73.4 Å². The normalized spacial score (nSPS) is 18.7. The van der Waals surface area contributed by atoms with Crippen LogP contribution in [0.1, 0.15) is 60.3 Å². The number of carbonyl (C=O) groups is 2. The molecule has 150 valence electrons. The minimum Gasteiger partial charge on any atom is -0.549 e. The Labute approximate surface area is 165 Å². The smallest absolute Gasteiger partial charge is 0.311 e. The molecule has 1 rings (SSSR count). The maximum atomic E-state index is 12.6. The van der Waals surface area contributed by atoms with E-state index in [-0.39, 0.29) is 23.1 Å². The number of thioether (sulfide) groups is 1. The highest BCUT2D eigenvalue weighted by atomic mass is 32.2. The zero-order chi connectivity index (χ0) is 20.1. The summed E-state index contributed by atoms with van der Waals surface area (Å²) in [6.45, 7) is 14.7. The third-order valence-corrected chi connectivity index (χ3v) is 6.71. The SMILES string of the molecule is COC(=O)C(C)(C)CCCCSC1=C(O[SiH](C)C)C(C(C)(C)C)CC1=O. The molecule has 0 radical (unpaired) electrons. The number of ketones is 1. The summed E-state index contributed by atoms with van der Waals surface area (Å²) >= 11 is 1.64. The summed E-state index contributed by atoms with van der Waals surface area (Å²) in [5, 5.41) is 0. The van der Waals surface area contributed by atoms with E-state index in [0.29, 0.717) is 6.42 Å². The maximum absolute atomic E-state index is 12.6. The van der Waals surface area contributed by atoms with E-state index in [1.165, 1.54) is 7.11 Å². The van der Waals surface area contributed by atoms with E-state index in [4.69, 9.17) is 9.16 Å². The van der Waals surface area contributed by atoms with Gasteiger partial charge in [-0.3, -0.25) is 9.59 Å². The van der Waals surface area contributed by atoms with Gasteiger partial charge in [-0.1, -0.05) is 27.2 Å². The van der Waals surface area contributed by atoms with Gasteiger partial charge in [-0.25, -0.2) is 0 Å². The van der Waals surface area contributed by atoms with Crippen LogP contribution in [0, 0.1) is 16.7 Å². The Bertz CT molecular complexity index is 547. The number of hydrogen-bond donors (Lipinski definition) is 0. The van der Waals surface area contributed by atoms with Gasteiger partial charge in [0.05, 0.1) is 17.4 Å². The number of hydrogen-bond acceptors (Lipinski definition) is 5. The van der Waals surface area contributed by atoms with E-state index in [0.717, 1.165) is 35.7 Å². The molecule has 1 aliphatic rings. The summed E-state index contributed by atoms with van der Waals surface area (Å²) in [4.78, 5) is 25.1. The quantitative estimate of drug-likeness (QED) is 0.312. The van der Waals surface area contributed by atoms with Crippen LogP contribution in [0.25, 0.3) is 0 Å². The Balaban J connectivity index is 2.67. The number of Topliss-reactive ketones (excluding diaryl/α,β-unsaturated/α-hetero) is 1. The molecular formula is C20H36O4SSi. The van der Waals surface area contributed by atoms with Crippen molar-refractivity contribution < 1.29 is 18.8 Å². The zero-order valence-corrected chi connectivity index (χ0v) is 19.7. The molecule has 0 bridgehead atoms. The second-order valence-electron chi connectivity index (χ2n) is 9.09. The fourth-order valence-corrected chi connectivity index (χ4v) is 5.13. The number of unbranched alkanes of at least 4 members (excludes halogenated alkanes) is 1. The highest BCUT2D eigenvalue weighted by Crippen LogP contribution is 2.45. The van der Waals surface area contributed by atoms with Crippen LogP contribution in [0.2, 0.25) is 13.1 Å². The van der Waals surface area contributed by atoms with E-state index >= 15 is 0 Å². The topological polar surface area (TPSA) is 52.6 Å². The average Bonchev–Trinajstić information content (AvgIpc) is 2.82. The number of carbonyl (C=O) groups excluding carboxylic acids is 2. The van der Waals surface area contributed by atoms with Crippen molar-refractivity contribution in [1.82, 2.24) is 0 Å². The molecule has 0 aliphatic heterocycles. The second kappa shape index (κ2) is 9.45. The predicted octanol–water partition coefficient (Wildman–Crippen LogP) is 4.94. The molecule has 4 nitrogen and oxygen atoms in total. The number of allylic oxidation sites excluding steroid dienone is 2. The summed E-state index contributed by atoms with van der Waals surface area (Å²) in [5.41, 5.74) is -0.419. The van der Waals surface area contributed by atoms with E-state index < -0.39 is 14.5 Å². The highest BCUT2D eigenvalue weighted by Gasteiger charge is 2.40. The fraction of sp³-hybridized carbons (Fsp3) is 0.800. The van der Waals surface area contributed by atoms with Gasteiger partial charge in [0, 0.05) is 12.3 Å². The van der Waals surface area contributed by atoms with Crippen LogP contribution in [-0.4, -0.2) is 33.7 Å². The van der Waals surface area contributed by atoms with Crippen LogP contribution >= 0.6 is 11.8 Å². The summed E-state index contributed by atoms with van der Waals surface area (Å²) in [7, 11) is 0.174. The molecule has 0 saturated carbocycles. The van der Waals surface area contributed by atoms with Crippen LogP contribution in [-0.2, 0) is 18.8 Å². The largest absolute Gasteiger partial charge is 0.549 e. The molecule has 0 heterocycles. The first-order chi connectivity index (χ1) is 11.9. The van der Waals surface area contributed by atoms with Crippen molar-refractivity contribution in [2.24, 2.45) is 16.7 Å². The van der Waals surface area contributed by atoms with Crippen LogP contribution in [0.3, 0.4) is 0 Å². The highest BCUT2D eigenvalue weighted by molar-refractivity contribution is 8.04. The first-order valence-electron chi connectivity index (χ1n) is 9.55. The Kier molecular flexibility index (Phi) is 8.46. The van der Waals surface area contributed by atoms with Crippen LogP contribution in [0.4, 0.5) is 0 Å². The molecule has 0 saturated heterocycles. The fourth-order valence-electron chi connectivity index (χ4n) is 3.13. The molecule has 0 aromatic rings. The van der Waals surface area contributed by atoms with Crippen molar-refractivity contribution in [1.29, 1.82) is 0 Å². The summed E-state index contributed by atoms with van der Waals surface area (Å²) in [5.74, 6) is 2.08. The minimum absolute atomic E-state index is 0.0289. The van der Waals surface area contributed by atoms with Crippen molar-refractivity contribution in [3.63, 3.8) is 0 Å². The summed E-state index contributed by atoms with van der Waals surface area (Å²) in [6, 6.07) is 0. The number of methoxy groups -OCH3 is 1. The number of ether oxygens (including phenoxy) is 1. The zero-order valence-electron chi connectivity index (χ0n) is 17.7. The van der Waals surface area contributed by atoms with E-state index in [1.54, 1.807) is 11.8 Å². The van der Waals surface area contributed by atoms with Gasteiger partial charge in [-0.2, -0.15) is 0 Å². The standard InChI is InChI=1S/C20H36O4SSi/c1-19(2,3)14-13-15(21)17(16(14)24-26(7)8)25-12-10-9-11-20(4,5)18(22)23-6/h14,26H,9-13H2,1-8H3. The molecule has 1 aliphatic carbocycles. The molecule has 1 unspecified atom stereocenters. The van der Waals surface area contributed by atoms with Gasteiger partial charge in [-0.15, -0.1) is 11.8 Å². The lowest BCUT2D eigenvalue weighted by Gasteiger charge is -2.30. The second-order valence-corrected chi connectivity index (χ2v) is 12.5. The Morgan fingerprint density at radius 2 is 1.81 bits per heavy atom. The molecule has 0 amide bonds. The Morgan fingerprint density at radius 3 is 2.31 bits per heavy atom. The molecule has 26 heavy (non-hydrogen) atoms. The summed E-state index contributed by atoms with van der Waals surface area (Å²) in [6.07, 6.45) is 3.26. The van der Waals surface area contributed by atoms with E-state index in [9.17, 15) is 9.59 Å². The van der Waals surface area contributed by atoms with Crippen LogP contribution < -0.4 is 0 Å². The molecule has 0 fully saturated rings.